The van der Waals surface area contributed by atoms with E-state index in [1.807, 2.05) is 48.5 Å². The largest absolute Gasteiger partial charge is 0.489 e. The maximum atomic E-state index is 13.1. The summed E-state index contributed by atoms with van der Waals surface area (Å²) in [5.74, 6) is 0.340. The first-order valence-corrected chi connectivity index (χ1v) is 10.9. The summed E-state index contributed by atoms with van der Waals surface area (Å²) >= 11 is 6.01. The van der Waals surface area contributed by atoms with Gasteiger partial charge in [-0.2, -0.15) is 5.10 Å². The van der Waals surface area contributed by atoms with E-state index in [4.69, 9.17) is 21.1 Å². The molecule has 4 aromatic rings. The highest BCUT2D eigenvalue weighted by molar-refractivity contribution is 6.29. The van der Waals surface area contributed by atoms with Crippen LogP contribution in [-0.4, -0.2) is 33.7 Å². The quantitative estimate of drug-likeness (QED) is 0.409. The molecule has 2 aromatic heterocycles. The molecule has 0 fully saturated rings. The number of hydrogen-bond acceptors (Lipinski definition) is 5. The Balaban J connectivity index is 1.44. The predicted octanol–water partition coefficient (Wildman–Crippen LogP) is 5.02. The van der Waals surface area contributed by atoms with Gasteiger partial charge < -0.3 is 14.8 Å². The number of fused-ring (bicyclic) bond motifs is 1. The first-order chi connectivity index (χ1) is 16.2. The number of ether oxygens (including phenoxy) is 2. The third kappa shape index (κ3) is 4.89. The molecular formula is C25H21ClN4O3. The molecule has 0 saturated carbocycles. The number of aromatic nitrogens is 3. The van der Waals surface area contributed by atoms with Crippen LogP contribution in [0.1, 0.15) is 27.9 Å². The summed E-state index contributed by atoms with van der Waals surface area (Å²) < 4.78 is 13.0. The molecule has 7 nitrogen and oxygen atoms in total. The molecule has 33 heavy (non-hydrogen) atoms. The fraction of sp³-hybridized carbons (Fsp3) is 0.160. The van der Waals surface area contributed by atoms with Crippen molar-refractivity contribution >= 4 is 34.4 Å². The number of benzene rings is 2. The van der Waals surface area contributed by atoms with Gasteiger partial charge in [0.05, 0.1) is 19.4 Å². The SMILES string of the molecule is O=C(Nc1cc(OCc2ccccc2)cc(C2=CCOCC2)c1)c1cnn2ccc(Cl)nc12. The van der Waals surface area contributed by atoms with Gasteiger partial charge in [0.2, 0.25) is 0 Å². The maximum absolute atomic E-state index is 13.1. The molecule has 0 radical (unpaired) electrons. The summed E-state index contributed by atoms with van der Waals surface area (Å²) in [7, 11) is 0. The number of nitrogens with zero attached hydrogens (tertiary/aromatic N) is 3. The molecule has 8 heteroatoms. The highest BCUT2D eigenvalue weighted by Gasteiger charge is 2.16. The van der Waals surface area contributed by atoms with Crippen LogP contribution in [0.3, 0.4) is 0 Å². The molecule has 0 saturated heterocycles. The molecule has 1 amide bonds. The highest BCUT2D eigenvalue weighted by atomic mass is 35.5. The molecule has 166 valence electrons. The average Bonchev–Trinajstić information content (AvgIpc) is 3.27. The van der Waals surface area contributed by atoms with Gasteiger partial charge in [0, 0.05) is 18.0 Å². The first kappa shape index (κ1) is 21.2. The number of carbonyl (C=O) groups is 1. The van der Waals surface area contributed by atoms with Crippen molar-refractivity contribution in [3.8, 4) is 5.75 Å². The van der Waals surface area contributed by atoms with E-state index in [0.717, 1.165) is 23.1 Å². The molecule has 1 aliphatic rings. The first-order valence-electron chi connectivity index (χ1n) is 10.6. The van der Waals surface area contributed by atoms with Crippen molar-refractivity contribution in [2.24, 2.45) is 0 Å². The molecule has 0 spiro atoms. The predicted molar refractivity (Wildman–Crippen MR) is 127 cm³/mol. The minimum atomic E-state index is -0.327. The molecule has 0 bridgehead atoms. The molecule has 3 heterocycles. The Morgan fingerprint density at radius 1 is 1.18 bits per heavy atom. The van der Waals surface area contributed by atoms with Gasteiger partial charge in [-0.05, 0) is 41.3 Å². The van der Waals surface area contributed by atoms with Gasteiger partial charge in [-0.3, -0.25) is 4.79 Å². The Morgan fingerprint density at radius 3 is 2.88 bits per heavy atom. The van der Waals surface area contributed by atoms with Crippen molar-refractivity contribution in [3.05, 3.63) is 94.9 Å². The number of halogens is 1. The van der Waals surface area contributed by atoms with E-state index >= 15 is 0 Å². The Morgan fingerprint density at radius 2 is 2.06 bits per heavy atom. The van der Waals surface area contributed by atoms with Crippen molar-refractivity contribution in [1.29, 1.82) is 0 Å². The smallest absolute Gasteiger partial charge is 0.261 e. The monoisotopic (exact) mass is 460 g/mol. The third-order valence-electron chi connectivity index (χ3n) is 5.33. The van der Waals surface area contributed by atoms with Crippen LogP contribution in [0.4, 0.5) is 5.69 Å². The molecular weight excluding hydrogens is 440 g/mol. The number of nitrogens with one attached hydrogen (secondary N) is 1. The zero-order valence-electron chi connectivity index (χ0n) is 17.7. The molecule has 1 N–H and O–H groups in total. The lowest BCUT2D eigenvalue weighted by molar-refractivity contribution is 0.102. The Hall–Kier alpha value is -3.68. The second-order valence-corrected chi connectivity index (χ2v) is 7.99. The number of hydrogen-bond donors (Lipinski definition) is 1. The molecule has 2 aromatic carbocycles. The summed E-state index contributed by atoms with van der Waals surface area (Å²) in [4.78, 5) is 17.3. The zero-order valence-corrected chi connectivity index (χ0v) is 18.5. The summed E-state index contributed by atoms with van der Waals surface area (Å²) in [6.07, 6.45) is 6.00. The van der Waals surface area contributed by atoms with E-state index in [9.17, 15) is 4.79 Å². The van der Waals surface area contributed by atoms with Crippen molar-refractivity contribution in [1.82, 2.24) is 14.6 Å². The van der Waals surface area contributed by atoms with Crippen molar-refractivity contribution in [3.63, 3.8) is 0 Å². The lowest BCUT2D eigenvalue weighted by atomic mass is 10.0. The number of carbonyl (C=O) groups excluding carboxylic acids is 1. The lowest BCUT2D eigenvalue weighted by Gasteiger charge is -2.17. The van der Waals surface area contributed by atoms with Gasteiger partial charge in [0.25, 0.3) is 5.91 Å². The molecule has 0 aliphatic carbocycles. The van der Waals surface area contributed by atoms with Crippen LogP contribution in [0.25, 0.3) is 11.2 Å². The van der Waals surface area contributed by atoms with Crippen molar-refractivity contribution in [2.75, 3.05) is 18.5 Å². The normalized spacial score (nSPS) is 13.5. The van der Waals surface area contributed by atoms with Gasteiger partial charge >= 0.3 is 0 Å². The fourth-order valence-corrected chi connectivity index (χ4v) is 3.81. The zero-order chi connectivity index (χ0) is 22.6. The van der Waals surface area contributed by atoms with Crippen molar-refractivity contribution in [2.45, 2.75) is 13.0 Å². The van der Waals surface area contributed by atoms with Crippen LogP contribution in [0.5, 0.6) is 5.75 Å². The Kier molecular flexibility index (Phi) is 6.06. The van der Waals surface area contributed by atoms with Gasteiger partial charge in [-0.25, -0.2) is 9.50 Å². The van der Waals surface area contributed by atoms with Gasteiger partial charge in [0.1, 0.15) is 23.1 Å². The molecule has 1 aliphatic heterocycles. The number of anilines is 1. The average molecular weight is 461 g/mol. The fourth-order valence-electron chi connectivity index (χ4n) is 3.68. The van der Waals surface area contributed by atoms with Crippen LogP contribution in [0, 0.1) is 0 Å². The van der Waals surface area contributed by atoms with Crippen LogP contribution < -0.4 is 10.1 Å². The summed E-state index contributed by atoms with van der Waals surface area (Å²) in [6, 6.07) is 17.3. The Labute approximate surface area is 195 Å². The molecule has 0 unspecified atom stereocenters. The third-order valence-corrected chi connectivity index (χ3v) is 5.54. The van der Waals surface area contributed by atoms with Crippen LogP contribution in [0.15, 0.2) is 73.1 Å². The van der Waals surface area contributed by atoms with Crippen LogP contribution >= 0.6 is 11.6 Å². The van der Waals surface area contributed by atoms with E-state index in [1.165, 1.54) is 10.7 Å². The lowest BCUT2D eigenvalue weighted by Crippen LogP contribution is -2.13. The minimum Gasteiger partial charge on any atom is -0.489 e. The second-order valence-electron chi connectivity index (χ2n) is 7.61. The molecule has 5 rings (SSSR count). The van der Waals surface area contributed by atoms with Crippen LogP contribution in [0.2, 0.25) is 5.15 Å². The minimum absolute atomic E-state index is 0.294. The van der Waals surface area contributed by atoms with E-state index < -0.39 is 0 Å². The van der Waals surface area contributed by atoms with E-state index in [-0.39, 0.29) is 5.91 Å². The van der Waals surface area contributed by atoms with Gasteiger partial charge in [0.15, 0.2) is 5.65 Å². The van der Waals surface area contributed by atoms with Crippen LogP contribution in [-0.2, 0) is 11.3 Å². The topological polar surface area (TPSA) is 77.8 Å². The van der Waals surface area contributed by atoms with Gasteiger partial charge in [-0.1, -0.05) is 48.0 Å². The summed E-state index contributed by atoms with van der Waals surface area (Å²) in [6.45, 7) is 1.66. The van der Waals surface area contributed by atoms with E-state index in [0.29, 0.717) is 47.6 Å². The van der Waals surface area contributed by atoms with E-state index in [2.05, 4.69) is 21.5 Å². The van der Waals surface area contributed by atoms with Crippen molar-refractivity contribution < 1.29 is 14.3 Å². The highest BCUT2D eigenvalue weighted by Crippen LogP contribution is 2.30. The maximum Gasteiger partial charge on any atom is 0.261 e. The van der Waals surface area contributed by atoms with E-state index in [1.54, 1.807) is 12.3 Å². The summed E-state index contributed by atoms with van der Waals surface area (Å²) in [5, 5.41) is 7.43. The Bertz CT molecular complexity index is 1330. The molecule has 0 atom stereocenters. The standard InChI is InChI=1S/C25H21ClN4O3/c26-23-6-9-30-24(29-23)22(15-27-30)25(31)28-20-12-19(18-7-10-32-11-8-18)13-21(14-20)33-16-17-4-2-1-3-5-17/h1-7,9,12-15H,8,10-11,16H2,(H,28,31). The second kappa shape index (κ2) is 9.44. The number of rotatable bonds is 6. The number of amides is 1. The summed E-state index contributed by atoms with van der Waals surface area (Å²) in [5.41, 5.74) is 4.55. The van der Waals surface area contributed by atoms with Gasteiger partial charge in [-0.15, -0.1) is 0 Å².